The molecule has 0 unspecified atom stereocenters. The first kappa shape index (κ1) is 12.5. The Bertz CT molecular complexity index is 750. The van der Waals surface area contributed by atoms with Crippen molar-refractivity contribution in [1.29, 1.82) is 0 Å². The molecule has 3 nitrogen and oxygen atoms in total. The van der Waals surface area contributed by atoms with Gasteiger partial charge in [-0.05, 0) is 24.6 Å². The van der Waals surface area contributed by atoms with Crippen LogP contribution in [0.2, 0.25) is 10.2 Å². The lowest BCUT2D eigenvalue weighted by atomic mass is 10.1. The Labute approximate surface area is 120 Å². The highest BCUT2D eigenvalue weighted by molar-refractivity contribution is 6.31. The fraction of sp³-hybridized carbons (Fsp3) is 0.143. The first-order valence-corrected chi connectivity index (χ1v) is 6.74. The lowest BCUT2D eigenvalue weighted by Crippen LogP contribution is -1.96. The zero-order valence-electron chi connectivity index (χ0n) is 10.3. The van der Waals surface area contributed by atoms with Gasteiger partial charge in [-0.25, -0.2) is 9.50 Å². The van der Waals surface area contributed by atoms with E-state index in [4.69, 9.17) is 23.2 Å². The van der Waals surface area contributed by atoms with Crippen molar-refractivity contribution in [2.24, 2.45) is 0 Å². The summed E-state index contributed by atoms with van der Waals surface area (Å²) in [4.78, 5) is 4.51. The van der Waals surface area contributed by atoms with Gasteiger partial charge in [0.25, 0.3) is 0 Å². The van der Waals surface area contributed by atoms with E-state index in [1.807, 2.05) is 43.3 Å². The second kappa shape index (κ2) is 4.83. The van der Waals surface area contributed by atoms with Crippen LogP contribution in [0.5, 0.6) is 0 Å². The maximum Gasteiger partial charge on any atom is 0.157 e. The highest BCUT2D eigenvalue weighted by Crippen LogP contribution is 2.24. The summed E-state index contributed by atoms with van der Waals surface area (Å²) in [6, 6.07) is 11.3. The number of rotatable bonds is 2. The Balaban J connectivity index is 2.19. The van der Waals surface area contributed by atoms with Gasteiger partial charge in [-0.15, -0.1) is 0 Å². The third-order valence-corrected chi connectivity index (χ3v) is 3.42. The summed E-state index contributed by atoms with van der Waals surface area (Å²) >= 11 is 12.2. The van der Waals surface area contributed by atoms with Crippen LogP contribution in [0.3, 0.4) is 0 Å². The number of halogens is 2. The average Bonchev–Trinajstić information content (AvgIpc) is 2.83. The SMILES string of the molecule is CCc1cc(Cl)n2nc(-c3cccc(Cl)c3)cc2n1. The van der Waals surface area contributed by atoms with Gasteiger partial charge in [0, 0.05) is 22.3 Å². The van der Waals surface area contributed by atoms with Crippen molar-refractivity contribution >= 4 is 28.8 Å². The number of hydrogen-bond donors (Lipinski definition) is 0. The van der Waals surface area contributed by atoms with Crippen molar-refractivity contribution in [3.8, 4) is 11.3 Å². The van der Waals surface area contributed by atoms with Crippen molar-refractivity contribution in [3.05, 3.63) is 52.3 Å². The van der Waals surface area contributed by atoms with E-state index in [1.54, 1.807) is 4.52 Å². The molecule has 3 aromatic rings. The predicted octanol–water partition coefficient (Wildman–Crippen LogP) is 4.27. The van der Waals surface area contributed by atoms with E-state index in [-0.39, 0.29) is 0 Å². The molecule has 0 atom stereocenters. The summed E-state index contributed by atoms with van der Waals surface area (Å²) in [7, 11) is 0. The molecule has 2 heterocycles. The van der Waals surface area contributed by atoms with Crippen LogP contribution in [0, 0.1) is 0 Å². The first-order chi connectivity index (χ1) is 9.17. The van der Waals surface area contributed by atoms with Crippen molar-refractivity contribution in [2.45, 2.75) is 13.3 Å². The molecule has 2 aromatic heterocycles. The molecule has 0 spiro atoms. The van der Waals surface area contributed by atoms with E-state index in [0.717, 1.165) is 29.0 Å². The van der Waals surface area contributed by atoms with Gasteiger partial charge >= 0.3 is 0 Å². The molecule has 1 aromatic carbocycles. The predicted molar refractivity (Wildman–Crippen MR) is 77.8 cm³/mol. The standard InChI is InChI=1S/C14H11Cl2N3/c1-2-11-7-13(16)19-14(17-11)8-12(18-19)9-4-3-5-10(15)6-9/h3-8H,2H2,1H3. The van der Waals surface area contributed by atoms with E-state index < -0.39 is 0 Å². The molecule has 96 valence electrons. The molecule has 0 aliphatic heterocycles. The number of benzene rings is 1. The third-order valence-electron chi connectivity index (χ3n) is 2.92. The topological polar surface area (TPSA) is 30.2 Å². The van der Waals surface area contributed by atoms with Crippen LogP contribution >= 0.6 is 23.2 Å². The molecular weight excluding hydrogens is 281 g/mol. The first-order valence-electron chi connectivity index (χ1n) is 5.98. The van der Waals surface area contributed by atoms with Crippen LogP contribution < -0.4 is 0 Å². The molecule has 0 radical (unpaired) electrons. The number of aromatic nitrogens is 3. The summed E-state index contributed by atoms with van der Waals surface area (Å²) < 4.78 is 1.64. The molecule has 0 amide bonds. The molecule has 5 heteroatoms. The smallest absolute Gasteiger partial charge is 0.157 e. The Morgan fingerprint density at radius 1 is 1.16 bits per heavy atom. The van der Waals surface area contributed by atoms with Crippen LogP contribution in [0.4, 0.5) is 0 Å². The lowest BCUT2D eigenvalue weighted by Gasteiger charge is -1.99. The summed E-state index contributed by atoms with van der Waals surface area (Å²) in [5.74, 6) is 0. The fourth-order valence-corrected chi connectivity index (χ4v) is 2.40. The maximum absolute atomic E-state index is 6.21. The lowest BCUT2D eigenvalue weighted by molar-refractivity contribution is 0.916. The molecule has 19 heavy (non-hydrogen) atoms. The fourth-order valence-electron chi connectivity index (χ4n) is 1.96. The quantitative estimate of drug-likeness (QED) is 0.660. The normalized spacial score (nSPS) is 11.1. The maximum atomic E-state index is 6.21. The van der Waals surface area contributed by atoms with Crippen LogP contribution in [-0.4, -0.2) is 14.6 Å². The van der Waals surface area contributed by atoms with Gasteiger partial charge in [0.2, 0.25) is 0 Å². The largest absolute Gasteiger partial charge is 0.233 e. The van der Waals surface area contributed by atoms with Gasteiger partial charge in [-0.1, -0.05) is 42.3 Å². The van der Waals surface area contributed by atoms with Gasteiger partial charge < -0.3 is 0 Å². The van der Waals surface area contributed by atoms with E-state index in [1.165, 1.54) is 0 Å². The Morgan fingerprint density at radius 3 is 2.74 bits per heavy atom. The van der Waals surface area contributed by atoms with Gasteiger partial charge in [-0.2, -0.15) is 5.10 Å². The van der Waals surface area contributed by atoms with E-state index in [0.29, 0.717) is 10.2 Å². The number of hydrogen-bond acceptors (Lipinski definition) is 2. The Hall–Kier alpha value is -1.58. The third kappa shape index (κ3) is 2.31. The molecule has 0 bridgehead atoms. The molecule has 0 saturated carbocycles. The number of fused-ring (bicyclic) bond motifs is 1. The van der Waals surface area contributed by atoms with Gasteiger partial charge in [0.05, 0.1) is 5.69 Å². The minimum Gasteiger partial charge on any atom is -0.233 e. The highest BCUT2D eigenvalue weighted by atomic mass is 35.5. The van der Waals surface area contributed by atoms with E-state index >= 15 is 0 Å². The summed E-state index contributed by atoms with van der Waals surface area (Å²) in [6.45, 7) is 2.05. The second-order valence-electron chi connectivity index (χ2n) is 4.23. The van der Waals surface area contributed by atoms with Crippen molar-refractivity contribution in [1.82, 2.24) is 14.6 Å². The number of nitrogens with zero attached hydrogens (tertiary/aromatic N) is 3. The minimum absolute atomic E-state index is 0.565. The molecule has 3 rings (SSSR count). The van der Waals surface area contributed by atoms with E-state index in [2.05, 4.69) is 10.1 Å². The minimum atomic E-state index is 0.565. The van der Waals surface area contributed by atoms with Crippen LogP contribution in [0.1, 0.15) is 12.6 Å². The van der Waals surface area contributed by atoms with E-state index in [9.17, 15) is 0 Å². The summed E-state index contributed by atoms with van der Waals surface area (Å²) in [5, 5.41) is 5.71. The van der Waals surface area contributed by atoms with Crippen molar-refractivity contribution in [3.63, 3.8) is 0 Å². The molecule has 0 aliphatic carbocycles. The highest BCUT2D eigenvalue weighted by Gasteiger charge is 2.09. The second-order valence-corrected chi connectivity index (χ2v) is 5.06. The average molecular weight is 292 g/mol. The van der Waals surface area contributed by atoms with Crippen LogP contribution in [-0.2, 0) is 6.42 Å². The monoisotopic (exact) mass is 291 g/mol. The van der Waals surface area contributed by atoms with Crippen molar-refractivity contribution < 1.29 is 0 Å². The van der Waals surface area contributed by atoms with Crippen LogP contribution in [0.25, 0.3) is 16.9 Å². The van der Waals surface area contributed by atoms with Gasteiger partial charge in [0.15, 0.2) is 5.65 Å². The van der Waals surface area contributed by atoms with Gasteiger partial charge in [0.1, 0.15) is 5.15 Å². The zero-order valence-corrected chi connectivity index (χ0v) is 11.8. The number of aryl methyl sites for hydroxylation is 1. The Kier molecular flexibility index (Phi) is 3.17. The van der Waals surface area contributed by atoms with Gasteiger partial charge in [-0.3, -0.25) is 0 Å². The molecule has 0 fully saturated rings. The molecule has 0 N–H and O–H groups in total. The Morgan fingerprint density at radius 2 is 2.00 bits per heavy atom. The molecule has 0 saturated heterocycles. The molecular formula is C14H11Cl2N3. The molecule has 0 aliphatic rings. The zero-order chi connectivity index (χ0) is 13.4. The van der Waals surface area contributed by atoms with Crippen LogP contribution in [0.15, 0.2) is 36.4 Å². The van der Waals surface area contributed by atoms with Crippen molar-refractivity contribution in [2.75, 3.05) is 0 Å². The summed E-state index contributed by atoms with van der Waals surface area (Å²) in [5.41, 5.74) is 3.46. The summed E-state index contributed by atoms with van der Waals surface area (Å²) in [6.07, 6.45) is 0.841.